The van der Waals surface area contributed by atoms with Crippen LogP contribution >= 0.6 is 0 Å². The van der Waals surface area contributed by atoms with Crippen molar-refractivity contribution in [2.45, 2.75) is 6.92 Å². The van der Waals surface area contributed by atoms with E-state index < -0.39 is 5.97 Å². The monoisotopic (exact) mass is 265 g/mol. The van der Waals surface area contributed by atoms with Gasteiger partial charge in [-0.05, 0) is 12.3 Å². The van der Waals surface area contributed by atoms with E-state index in [1.165, 1.54) is 13.0 Å². The van der Waals surface area contributed by atoms with E-state index in [0.717, 1.165) is 10.8 Å². The second-order valence-electron chi connectivity index (χ2n) is 4.60. The van der Waals surface area contributed by atoms with E-state index >= 15 is 0 Å². The van der Waals surface area contributed by atoms with Crippen molar-refractivity contribution in [3.8, 4) is 0 Å². The van der Waals surface area contributed by atoms with Gasteiger partial charge in [-0.1, -0.05) is 36.4 Å². The Morgan fingerprint density at radius 2 is 1.75 bits per heavy atom. The number of ketones is 1. The number of carbonyl (C=O) groups excluding carboxylic acids is 2. The number of carbonyl (C=O) groups is 2. The minimum atomic E-state index is -0.750. The Morgan fingerprint density at radius 1 is 1.10 bits per heavy atom. The molecule has 0 unspecified atom stereocenters. The van der Waals surface area contributed by atoms with Crippen molar-refractivity contribution >= 4 is 34.0 Å². The maximum absolute atomic E-state index is 12.1. The van der Waals surface area contributed by atoms with E-state index in [1.54, 1.807) is 12.1 Å². The Labute approximate surface area is 115 Å². The van der Waals surface area contributed by atoms with Crippen LogP contribution < -0.4 is 0 Å². The summed E-state index contributed by atoms with van der Waals surface area (Å²) >= 11 is 0. The predicted octanol–water partition coefficient (Wildman–Crippen LogP) is 2.96. The quantitative estimate of drug-likeness (QED) is 0.670. The molecule has 0 aromatic heterocycles. The first-order chi connectivity index (χ1) is 9.58. The van der Waals surface area contributed by atoms with Crippen LogP contribution in [0.2, 0.25) is 0 Å². The lowest BCUT2D eigenvalue weighted by Gasteiger charge is -2.17. The van der Waals surface area contributed by atoms with Crippen molar-refractivity contribution < 1.29 is 14.3 Å². The van der Waals surface area contributed by atoms with Crippen LogP contribution in [-0.2, 0) is 9.53 Å². The maximum atomic E-state index is 12.1. The normalized spacial score (nSPS) is 13.1. The second-order valence-corrected chi connectivity index (χ2v) is 4.60. The molecule has 0 fully saturated rings. The van der Waals surface area contributed by atoms with Crippen molar-refractivity contribution in [2.75, 3.05) is 0 Å². The zero-order valence-corrected chi connectivity index (χ0v) is 10.8. The maximum Gasteiger partial charge on any atom is 0.357 e. The summed E-state index contributed by atoms with van der Waals surface area (Å²) < 4.78 is 5.15. The molecule has 0 amide bonds. The van der Waals surface area contributed by atoms with Crippen molar-refractivity contribution in [2.24, 2.45) is 0 Å². The average Bonchev–Trinajstić information content (AvgIpc) is 2.44. The molecule has 4 heteroatoms. The Hall–Kier alpha value is -2.75. The summed E-state index contributed by atoms with van der Waals surface area (Å²) in [5, 5.41) is 8.98. The fraction of sp³-hybridized carbons (Fsp3) is 0.0625. The van der Waals surface area contributed by atoms with Gasteiger partial charge in [-0.15, -0.1) is 0 Å². The lowest BCUT2D eigenvalue weighted by Crippen LogP contribution is -2.15. The van der Waals surface area contributed by atoms with Gasteiger partial charge in [0.15, 0.2) is 5.78 Å². The van der Waals surface area contributed by atoms with E-state index in [-0.39, 0.29) is 17.3 Å². The number of esters is 1. The Kier molecular flexibility index (Phi) is 2.71. The molecule has 1 aliphatic carbocycles. The smallest absolute Gasteiger partial charge is 0.357 e. The summed E-state index contributed by atoms with van der Waals surface area (Å²) in [6, 6.07) is 11.0. The fourth-order valence-corrected chi connectivity index (χ4v) is 2.29. The Balaban J connectivity index is 2.19. The van der Waals surface area contributed by atoms with Crippen LogP contribution in [0.25, 0.3) is 16.5 Å². The standard InChI is InChI=1S/C16H11NO3/c1-9(17)16(19)20-14-8-13(18)11-6-2-4-10-5-3-7-12(14)15(10)11/h2-8,17H,1H3. The first-order valence-electron chi connectivity index (χ1n) is 6.13. The highest BCUT2D eigenvalue weighted by Crippen LogP contribution is 2.33. The molecular weight excluding hydrogens is 254 g/mol. The fourth-order valence-electron chi connectivity index (χ4n) is 2.29. The number of hydrogen-bond acceptors (Lipinski definition) is 4. The Morgan fingerprint density at radius 3 is 2.40 bits per heavy atom. The third-order valence-electron chi connectivity index (χ3n) is 3.21. The van der Waals surface area contributed by atoms with Gasteiger partial charge >= 0.3 is 5.97 Å². The second kappa shape index (κ2) is 4.42. The van der Waals surface area contributed by atoms with Crippen molar-refractivity contribution in [1.82, 2.24) is 0 Å². The summed E-state index contributed by atoms with van der Waals surface area (Å²) in [4.78, 5) is 23.7. The first kappa shape index (κ1) is 12.3. The number of rotatable bonds is 2. The van der Waals surface area contributed by atoms with Gasteiger partial charge < -0.3 is 4.74 Å². The van der Waals surface area contributed by atoms with E-state index in [0.29, 0.717) is 11.1 Å². The largest absolute Gasteiger partial charge is 0.421 e. The molecule has 0 spiro atoms. The number of benzene rings is 2. The number of ether oxygens (including phenoxy) is 1. The van der Waals surface area contributed by atoms with Gasteiger partial charge in [-0.25, -0.2) is 4.79 Å². The summed E-state index contributed by atoms with van der Waals surface area (Å²) in [5.41, 5.74) is 1.10. The first-order valence-corrected chi connectivity index (χ1v) is 6.13. The molecule has 1 N–H and O–H groups in total. The minimum Gasteiger partial charge on any atom is -0.421 e. The molecule has 0 heterocycles. The molecule has 0 atom stereocenters. The van der Waals surface area contributed by atoms with Gasteiger partial charge in [0.25, 0.3) is 0 Å². The summed E-state index contributed by atoms with van der Waals surface area (Å²) in [5.74, 6) is -0.740. The summed E-state index contributed by atoms with van der Waals surface area (Å²) in [6.45, 7) is 1.35. The molecule has 0 saturated carbocycles. The Bertz CT molecular complexity index is 797. The molecule has 1 aliphatic rings. The highest BCUT2D eigenvalue weighted by Gasteiger charge is 2.23. The van der Waals surface area contributed by atoms with Crippen molar-refractivity contribution in [3.05, 3.63) is 53.6 Å². The lowest BCUT2D eigenvalue weighted by atomic mass is 9.91. The molecule has 20 heavy (non-hydrogen) atoms. The molecule has 3 rings (SSSR count). The molecule has 0 bridgehead atoms. The van der Waals surface area contributed by atoms with Crippen molar-refractivity contribution in [3.63, 3.8) is 0 Å². The van der Waals surface area contributed by atoms with E-state index in [4.69, 9.17) is 10.1 Å². The molecule has 2 aromatic carbocycles. The number of hydrogen-bond donors (Lipinski definition) is 1. The minimum absolute atomic E-state index is 0.195. The van der Waals surface area contributed by atoms with E-state index in [1.807, 2.05) is 24.3 Å². The molecule has 0 saturated heterocycles. The average molecular weight is 265 g/mol. The molecule has 4 nitrogen and oxygen atoms in total. The number of allylic oxidation sites excluding steroid dienone is 1. The van der Waals surface area contributed by atoms with E-state index in [9.17, 15) is 9.59 Å². The van der Waals surface area contributed by atoms with Crippen LogP contribution in [0.15, 0.2) is 42.5 Å². The molecule has 0 aliphatic heterocycles. The van der Waals surface area contributed by atoms with Crippen LogP contribution in [0.1, 0.15) is 22.8 Å². The van der Waals surface area contributed by atoms with Gasteiger partial charge in [0.1, 0.15) is 11.5 Å². The highest BCUT2D eigenvalue weighted by atomic mass is 16.5. The zero-order valence-electron chi connectivity index (χ0n) is 10.8. The number of nitrogens with one attached hydrogen (secondary N) is 1. The summed E-state index contributed by atoms with van der Waals surface area (Å²) in [7, 11) is 0. The van der Waals surface area contributed by atoms with Gasteiger partial charge in [-0.2, -0.15) is 0 Å². The lowest BCUT2D eigenvalue weighted by molar-refractivity contribution is -0.129. The predicted molar refractivity (Wildman–Crippen MR) is 75.7 cm³/mol. The van der Waals surface area contributed by atoms with Gasteiger partial charge in [0.05, 0.1) is 0 Å². The third-order valence-corrected chi connectivity index (χ3v) is 3.21. The zero-order chi connectivity index (χ0) is 14.3. The van der Waals surface area contributed by atoms with Crippen LogP contribution in [-0.4, -0.2) is 17.5 Å². The van der Waals surface area contributed by atoms with Crippen LogP contribution in [0.4, 0.5) is 0 Å². The summed E-state index contributed by atoms with van der Waals surface area (Å²) in [6.07, 6.45) is 1.30. The molecule has 98 valence electrons. The van der Waals surface area contributed by atoms with Gasteiger partial charge in [-0.3, -0.25) is 10.2 Å². The van der Waals surface area contributed by atoms with Crippen molar-refractivity contribution in [1.29, 1.82) is 5.41 Å². The topological polar surface area (TPSA) is 67.2 Å². The van der Waals surface area contributed by atoms with E-state index in [2.05, 4.69) is 0 Å². The van der Waals surface area contributed by atoms with Gasteiger partial charge in [0.2, 0.25) is 0 Å². The molecule has 2 aromatic rings. The third kappa shape index (κ3) is 1.82. The van der Waals surface area contributed by atoms with Crippen LogP contribution in [0, 0.1) is 5.41 Å². The van der Waals surface area contributed by atoms with Gasteiger partial charge in [0, 0.05) is 22.6 Å². The molecular formula is C16H11NO3. The SMILES string of the molecule is CC(=N)C(=O)OC1=CC(=O)c2cccc3cccc1c23. The molecule has 0 radical (unpaired) electrons. The van der Waals surface area contributed by atoms with Crippen LogP contribution in [0.5, 0.6) is 0 Å². The highest BCUT2D eigenvalue weighted by molar-refractivity contribution is 6.35. The van der Waals surface area contributed by atoms with Crippen LogP contribution in [0.3, 0.4) is 0 Å².